The number of anilines is 1. The van der Waals surface area contributed by atoms with Crippen LogP contribution >= 0.6 is 11.3 Å². The van der Waals surface area contributed by atoms with Crippen LogP contribution in [0.4, 0.5) is 5.82 Å². The van der Waals surface area contributed by atoms with Crippen molar-refractivity contribution < 1.29 is 0 Å². The lowest BCUT2D eigenvalue weighted by molar-refractivity contribution is 0.679. The van der Waals surface area contributed by atoms with E-state index in [2.05, 4.69) is 10.1 Å². The Kier molecular flexibility index (Phi) is 1.75. The number of hydrogen-bond donors (Lipinski definition) is 1. The molecule has 0 fully saturated rings. The first-order valence-electron chi connectivity index (χ1n) is 4.51. The Morgan fingerprint density at radius 1 is 1.40 bits per heavy atom. The van der Waals surface area contributed by atoms with Crippen molar-refractivity contribution in [2.45, 2.75) is 6.54 Å². The number of thiazole rings is 1. The van der Waals surface area contributed by atoms with Crippen molar-refractivity contribution in [1.82, 2.24) is 19.2 Å². The van der Waals surface area contributed by atoms with Crippen LogP contribution < -0.4 is 5.73 Å². The molecule has 3 aromatic heterocycles. The van der Waals surface area contributed by atoms with E-state index in [1.807, 2.05) is 28.4 Å². The van der Waals surface area contributed by atoms with Crippen molar-refractivity contribution in [3.05, 3.63) is 35.7 Å². The molecule has 3 rings (SSSR count). The summed E-state index contributed by atoms with van der Waals surface area (Å²) in [6, 6.07) is 1.78. The smallest absolute Gasteiger partial charge is 0.193 e. The Labute approximate surface area is 89.8 Å². The molecule has 0 radical (unpaired) electrons. The molecule has 0 saturated heterocycles. The molecule has 0 amide bonds. The van der Waals surface area contributed by atoms with Gasteiger partial charge in [-0.2, -0.15) is 5.10 Å². The van der Waals surface area contributed by atoms with E-state index in [1.165, 1.54) is 0 Å². The summed E-state index contributed by atoms with van der Waals surface area (Å²) in [6.45, 7) is 0.658. The zero-order valence-electron chi connectivity index (χ0n) is 7.87. The standard InChI is InChI=1S/C9H9N5S/c10-8-1-2-14(12-8)6-7-5-13-3-4-15-9(13)11-7/h1-5H,6H2,(H2,10,12). The SMILES string of the molecule is Nc1ccn(Cc2cn3ccsc3n2)n1. The number of nitrogens with zero attached hydrogens (tertiary/aromatic N) is 4. The van der Waals surface area contributed by atoms with Gasteiger partial charge < -0.3 is 5.73 Å². The minimum atomic E-state index is 0.538. The van der Waals surface area contributed by atoms with Gasteiger partial charge in [-0.3, -0.25) is 9.08 Å². The number of aromatic nitrogens is 4. The molecular formula is C9H9N5S. The quantitative estimate of drug-likeness (QED) is 0.705. The molecule has 15 heavy (non-hydrogen) atoms. The highest BCUT2D eigenvalue weighted by atomic mass is 32.1. The number of rotatable bonds is 2. The predicted octanol–water partition coefficient (Wildman–Crippen LogP) is 1.22. The molecule has 3 heterocycles. The van der Waals surface area contributed by atoms with Crippen molar-refractivity contribution in [2.24, 2.45) is 0 Å². The average Bonchev–Trinajstić information content (AvgIpc) is 2.81. The molecule has 5 nitrogen and oxygen atoms in total. The van der Waals surface area contributed by atoms with Crippen LogP contribution in [0, 0.1) is 0 Å². The minimum Gasteiger partial charge on any atom is -0.382 e. The summed E-state index contributed by atoms with van der Waals surface area (Å²) in [5.74, 6) is 0.538. The Hall–Kier alpha value is -1.82. The molecule has 0 aliphatic carbocycles. The van der Waals surface area contributed by atoms with Gasteiger partial charge in [0.2, 0.25) is 0 Å². The van der Waals surface area contributed by atoms with Crippen LogP contribution in [0.3, 0.4) is 0 Å². The maximum absolute atomic E-state index is 5.53. The third-order valence-electron chi connectivity index (χ3n) is 2.13. The van der Waals surface area contributed by atoms with E-state index in [1.54, 1.807) is 22.1 Å². The number of imidazole rings is 1. The molecule has 0 unspecified atom stereocenters. The molecule has 0 saturated carbocycles. The summed E-state index contributed by atoms with van der Waals surface area (Å²) in [4.78, 5) is 5.46. The molecule has 76 valence electrons. The summed E-state index contributed by atoms with van der Waals surface area (Å²) < 4.78 is 3.79. The molecule has 0 bridgehead atoms. The lowest BCUT2D eigenvalue weighted by Crippen LogP contribution is -2.01. The third-order valence-corrected chi connectivity index (χ3v) is 2.90. The van der Waals surface area contributed by atoms with Gasteiger partial charge in [0.25, 0.3) is 0 Å². The summed E-state index contributed by atoms with van der Waals surface area (Å²) in [7, 11) is 0. The maximum atomic E-state index is 5.53. The summed E-state index contributed by atoms with van der Waals surface area (Å²) in [5, 5.41) is 6.12. The normalized spacial score (nSPS) is 11.2. The topological polar surface area (TPSA) is 61.1 Å². The van der Waals surface area contributed by atoms with Gasteiger partial charge in [0.1, 0.15) is 5.82 Å². The second-order valence-corrected chi connectivity index (χ2v) is 4.14. The van der Waals surface area contributed by atoms with Crippen LogP contribution in [0.25, 0.3) is 4.96 Å². The van der Waals surface area contributed by atoms with E-state index in [0.717, 1.165) is 10.7 Å². The van der Waals surface area contributed by atoms with Gasteiger partial charge in [-0.1, -0.05) is 0 Å². The molecule has 2 N–H and O–H groups in total. The Morgan fingerprint density at radius 2 is 2.33 bits per heavy atom. The summed E-state index contributed by atoms with van der Waals surface area (Å²) in [5.41, 5.74) is 6.52. The van der Waals surface area contributed by atoms with Crippen LogP contribution in [-0.2, 0) is 6.54 Å². The van der Waals surface area contributed by atoms with Crippen LogP contribution in [-0.4, -0.2) is 19.2 Å². The van der Waals surface area contributed by atoms with E-state index < -0.39 is 0 Å². The second kappa shape index (κ2) is 3.09. The fourth-order valence-electron chi connectivity index (χ4n) is 1.48. The van der Waals surface area contributed by atoms with E-state index in [0.29, 0.717) is 12.4 Å². The minimum absolute atomic E-state index is 0.538. The van der Waals surface area contributed by atoms with Crippen LogP contribution in [0.2, 0.25) is 0 Å². The first kappa shape index (κ1) is 8.49. The van der Waals surface area contributed by atoms with Crippen molar-refractivity contribution in [3.8, 4) is 0 Å². The highest BCUT2D eigenvalue weighted by Gasteiger charge is 2.03. The predicted molar refractivity (Wildman–Crippen MR) is 58.8 cm³/mol. The van der Waals surface area contributed by atoms with Gasteiger partial charge in [-0.25, -0.2) is 4.98 Å². The second-order valence-electron chi connectivity index (χ2n) is 3.26. The van der Waals surface area contributed by atoms with Crippen LogP contribution in [0.1, 0.15) is 5.69 Å². The van der Waals surface area contributed by atoms with Crippen molar-refractivity contribution >= 4 is 22.1 Å². The molecule has 0 aliphatic heterocycles. The largest absolute Gasteiger partial charge is 0.382 e. The molecule has 0 aromatic carbocycles. The number of hydrogen-bond acceptors (Lipinski definition) is 4. The van der Waals surface area contributed by atoms with Gasteiger partial charge in [-0.05, 0) is 6.07 Å². The first-order valence-corrected chi connectivity index (χ1v) is 5.39. The van der Waals surface area contributed by atoms with Crippen molar-refractivity contribution in [2.75, 3.05) is 5.73 Å². The lowest BCUT2D eigenvalue weighted by Gasteiger charge is -1.95. The average molecular weight is 219 g/mol. The highest BCUT2D eigenvalue weighted by molar-refractivity contribution is 7.15. The fraction of sp³-hybridized carbons (Fsp3) is 0.111. The van der Waals surface area contributed by atoms with Gasteiger partial charge in [-0.15, -0.1) is 11.3 Å². The van der Waals surface area contributed by atoms with E-state index in [9.17, 15) is 0 Å². The van der Waals surface area contributed by atoms with Crippen molar-refractivity contribution in [3.63, 3.8) is 0 Å². The molecule has 0 atom stereocenters. The Bertz CT molecular complexity index is 562. The number of fused-ring (bicyclic) bond motifs is 1. The zero-order valence-corrected chi connectivity index (χ0v) is 8.68. The molecule has 0 spiro atoms. The maximum Gasteiger partial charge on any atom is 0.193 e. The van der Waals surface area contributed by atoms with Gasteiger partial charge in [0.15, 0.2) is 4.96 Å². The first-order chi connectivity index (χ1) is 7.31. The van der Waals surface area contributed by atoms with E-state index in [4.69, 9.17) is 5.73 Å². The molecule has 0 aliphatic rings. The van der Waals surface area contributed by atoms with Gasteiger partial charge >= 0.3 is 0 Å². The monoisotopic (exact) mass is 219 g/mol. The third kappa shape index (κ3) is 1.48. The van der Waals surface area contributed by atoms with Gasteiger partial charge in [0, 0.05) is 24.0 Å². The molecular weight excluding hydrogens is 210 g/mol. The van der Waals surface area contributed by atoms with E-state index in [-0.39, 0.29) is 0 Å². The number of nitrogens with two attached hydrogens (primary N) is 1. The summed E-state index contributed by atoms with van der Waals surface area (Å²) >= 11 is 1.62. The molecule has 6 heteroatoms. The number of nitrogen functional groups attached to an aromatic ring is 1. The zero-order chi connectivity index (χ0) is 10.3. The Balaban J connectivity index is 1.92. The fourth-order valence-corrected chi connectivity index (χ4v) is 2.20. The van der Waals surface area contributed by atoms with E-state index >= 15 is 0 Å². The lowest BCUT2D eigenvalue weighted by atomic mass is 10.5. The van der Waals surface area contributed by atoms with Crippen LogP contribution in [0.5, 0.6) is 0 Å². The van der Waals surface area contributed by atoms with Crippen LogP contribution in [0.15, 0.2) is 30.0 Å². The Morgan fingerprint density at radius 3 is 3.07 bits per heavy atom. The van der Waals surface area contributed by atoms with Gasteiger partial charge in [0.05, 0.1) is 12.2 Å². The summed E-state index contributed by atoms with van der Waals surface area (Å²) in [6.07, 6.45) is 5.85. The molecule has 3 aromatic rings. The highest BCUT2D eigenvalue weighted by Crippen LogP contribution is 2.12. The van der Waals surface area contributed by atoms with Crippen molar-refractivity contribution in [1.29, 1.82) is 0 Å².